The van der Waals surface area contributed by atoms with Gasteiger partial charge in [0.2, 0.25) is 11.8 Å². The molecule has 2 amide bonds. The Kier molecular flexibility index (Phi) is 11.7. The van der Waals surface area contributed by atoms with E-state index in [9.17, 15) is 18.0 Å². The van der Waals surface area contributed by atoms with E-state index in [0.717, 1.165) is 41.1 Å². The number of aryl methyl sites for hydroxylation is 1. The number of ether oxygens (including phenoxy) is 1. The Morgan fingerprint density at radius 2 is 1.62 bits per heavy atom. The molecular formula is C37H39Cl2N3O5S. The van der Waals surface area contributed by atoms with Crippen molar-refractivity contribution in [3.05, 3.63) is 124 Å². The van der Waals surface area contributed by atoms with Crippen molar-refractivity contribution >= 4 is 50.7 Å². The van der Waals surface area contributed by atoms with E-state index in [2.05, 4.69) is 5.32 Å². The Balaban J connectivity index is 1.59. The summed E-state index contributed by atoms with van der Waals surface area (Å²) in [7, 11) is -2.76. The molecule has 8 nitrogen and oxygen atoms in total. The van der Waals surface area contributed by atoms with Gasteiger partial charge in [0.25, 0.3) is 10.0 Å². The van der Waals surface area contributed by atoms with Gasteiger partial charge in [0.15, 0.2) is 0 Å². The van der Waals surface area contributed by atoms with E-state index < -0.39 is 28.5 Å². The van der Waals surface area contributed by atoms with Gasteiger partial charge in [-0.25, -0.2) is 8.42 Å². The zero-order valence-electron chi connectivity index (χ0n) is 26.9. The maximum absolute atomic E-state index is 14.7. The number of rotatable bonds is 13. The fraction of sp³-hybridized carbons (Fsp3) is 0.297. The molecule has 1 saturated carbocycles. The first-order valence-corrected chi connectivity index (χ1v) is 18.1. The summed E-state index contributed by atoms with van der Waals surface area (Å²) in [5, 5.41) is 3.92. The number of nitrogens with one attached hydrogen (secondary N) is 1. The normalized spacial score (nSPS) is 13.9. The second kappa shape index (κ2) is 15.9. The Morgan fingerprint density at radius 1 is 0.917 bits per heavy atom. The van der Waals surface area contributed by atoms with Gasteiger partial charge in [0.1, 0.15) is 18.3 Å². The molecule has 1 aliphatic rings. The van der Waals surface area contributed by atoms with Gasteiger partial charge >= 0.3 is 0 Å². The first-order valence-electron chi connectivity index (χ1n) is 15.9. The van der Waals surface area contributed by atoms with Crippen molar-refractivity contribution in [2.45, 2.75) is 62.6 Å². The number of sulfonamides is 1. The number of halogens is 2. The molecule has 48 heavy (non-hydrogen) atoms. The van der Waals surface area contributed by atoms with Gasteiger partial charge in [-0.3, -0.25) is 13.9 Å². The highest BCUT2D eigenvalue weighted by Crippen LogP contribution is 2.29. The van der Waals surface area contributed by atoms with Crippen molar-refractivity contribution in [2.75, 3.05) is 18.0 Å². The van der Waals surface area contributed by atoms with Crippen molar-refractivity contribution in [2.24, 2.45) is 0 Å². The molecule has 0 aliphatic heterocycles. The number of anilines is 1. The molecule has 0 saturated heterocycles. The molecule has 1 fully saturated rings. The molecule has 0 aromatic heterocycles. The Labute approximate surface area is 292 Å². The highest BCUT2D eigenvalue weighted by atomic mass is 35.5. The molecule has 0 spiro atoms. The maximum atomic E-state index is 14.7. The second-order valence-electron chi connectivity index (χ2n) is 12.0. The lowest BCUT2D eigenvalue weighted by molar-refractivity contribution is -0.140. The maximum Gasteiger partial charge on any atom is 0.264 e. The first-order chi connectivity index (χ1) is 23.0. The molecular weight excluding hydrogens is 669 g/mol. The molecule has 4 aromatic carbocycles. The standard InChI is InChI=1S/C37H39Cl2N3O5S/c1-26-15-19-33(20-16-26)48(45,46)42(31-13-8-14-32(23-31)47-2)25-36(43)41(24-28-17-18-29(38)22-34(28)39)35(21-27-9-4-3-5-10-27)37(44)40-30-11-6-7-12-30/h3-5,8-10,13-20,22-23,30,35H,6-7,11-12,21,24-25H2,1-2H3,(H,40,44). The lowest BCUT2D eigenvalue weighted by atomic mass is 10.0. The molecule has 0 bridgehead atoms. The summed E-state index contributed by atoms with van der Waals surface area (Å²) in [5.41, 5.74) is 2.54. The van der Waals surface area contributed by atoms with Crippen LogP contribution in [0.15, 0.2) is 102 Å². The average Bonchev–Trinajstić information content (AvgIpc) is 3.59. The summed E-state index contributed by atoms with van der Waals surface area (Å²) in [6, 6.07) is 26.4. The second-order valence-corrected chi connectivity index (χ2v) is 14.7. The number of methoxy groups -OCH3 is 1. The summed E-state index contributed by atoms with van der Waals surface area (Å²) >= 11 is 12.8. The van der Waals surface area contributed by atoms with E-state index in [0.29, 0.717) is 21.4 Å². The number of hydrogen-bond donors (Lipinski definition) is 1. The summed E-state index contributed by atoms with van der Waals surface area (Å²) < 4.78 is 35.0. The number of benzene rings is 4. The van der Waals surface area contributed by atoms with Crippen molar-refractivity contribution < 1.29 is 22.7 Å². The molecule has 4 aromatic rings. The minimum Gasteiger partial charge on any atom is -0.497 e. The minimum absolute atomic E-state index is 0.00189. The summed E-state index contributed by atoms with van der Waals surface area (Å²) in [6.07, 6.45) is 3.96. The number of amides is 2. The molecule has 1 aliphatic carbocycles. The van der Waals surface area contributed by atoms with Crippen LogP contribution in [0.5, 0.6) is 5.75 Å². The van der Waals surface area contributed by atoms with Crippen molar-refractivity contribution in [3.63, 3.8) is 0 Å². The van der Waals surface area contributed by atoms with Gasteiger partial charge in [-0.15, -0.1) is 0 Å². The topological polar surface area (TPSA) is 96.0 Å². The molecule has 0 heterocycles. The van der Waals surface area contributed by atoms with Gasteiger partial charge in [-0.05, 0) is 67.3 Å². The molecule has 11 heteroatoms. The van der Waals surface area contributed by atoms with Gasteiger partial charge < -0.3 is 15.0 Å². The lowest BCUT2D eigenvalue weighted by Gasteiger charge is -2.34. The quantitative estimate of drug-likeness (QED) is 0.159. The van der Waals surface area contributed by atoms with Crippen LogP contribution in [-0.2, 0) is 32.6 Å². The van der Waals surface area contributed by atoms with Gasteiger partial charge in [0.05, 0.1) is 17.7 Å². The van der Waals surface area contributed by atoms with Gasteiger partial charge in [0, 0.05) is 35.1 Å². The first kappa shape index (κ1) is 35.3. The van der Waals surface area contributed by atoms with E-state index in [-0.39, 0.29) is 35.5 Å². The Morgan fingerprint density at radius 3 is 2.29 bits per heavy atom. The Bertz CT molecular complexity index is 1830. The van der Waals surface area contributed by atoms with E-state index in [1.165, 1.54) is 24.1 Å². The third kappa shape index (κ3) is 8.69. The molecule has 1 atom stereocenters. The number of hydrogen-bond acceptors (Lipinski definition) is 5. The SMILES string of the molecule is COc1cccc(N(CC(=O)N(Cc2ccc(Cl)cc2Cl)C(Cc2ccccc2)C(=O)NC2CCCC2)S(=O)(=O)c2ccc(C)cc2)c1. The predicted molar refractivity (Wildman–Crippen MR) is 190 cm³/mol. The molecule has 1 N–H and O–H groups in total. The van der Waals surface area contributed by atoms with Gasteiger partial charge in [-0.2, -0.15) is 0 Å². The minimum atomic E-state index is -4.25. The molecule has 252 valence electrons. The average molecular weight is 709 g/mol. The van der Waals surface area contributed by atoms with E-state index >= 15 is 0 Å². The Hall–Kier alpha value is -4.05. The smallest absolute Gasteiger partial charge is 0.264 e. The molecule has 1 unspecified atom stereocenters. The van der Waals surface area contributed by atoms with Crippen LogP contribution >= 0.6 is 23.2 Å². The number of carbonyl (C=O) groups excluding carboxylic acids is 2. The molecule has 0 radical (unpaired) electrons. The fourth-order valence-electron chi connectivity index (χ4n) is 5.89. The largest absolute Gasteiger partial charge is 0.497 e. The van der Waals surface area contributed by atoms with Crippen LogP contribution in [-0.4, -0.2) is 50.9 Å². The summed E-state index contributed by atoms with van der Waals surface area (Å²) in [4.78, 5) is 30.3. The predicted octanol–water partition coefficient (Wildman–Crippen LogP) is 7.20. The summed E-state index contributed by atoms with van der Waals surface area (Å²) in [6.45, 7) is 1.22. The van der Waals surface area contributed by atoms with Crippen LogP contribution in [0.4, 0.5) is 5.69 Å². The van der Waals surface area contributed by atoms with Crippen molar-refractivity contribution in [1.82, 2.24) is 10.2 Å². The zero-order chi connectivity index (χ0) is 34.3. The fourth-order valence-corrected chi connectivity index (χ4v) is 7.76. The van der Waals surface area contributed by atoms with Crippen LogP contribution in [0.3, 0.4) is 0 Å². The highest BCUT2D eigenvalue weighted by molar-refractivity contribution is 7.92. The van der Waals surface area contributed by atoms with Crippen molar-refractivity contribution in [3.8, 4) is 5.75 Å². The highest BCUT2D eigenvalue weighted by Gasteiger charge is 2.36. The van der Waals surface area contributed by atoms with Crippen molar-refractivity contribution in [1.29, 1.82) is 0 Å². The van der Waals surface area contributed by atoms with E-state index in [4.69, 9.17) is 27.9 Å². The van der Waals surface area contributed by atoms with Crippen LogP contribution in [0, 0.1) is 6.92 Å². The number of carbonyl (C=O) groups is 2. The van der Waals surface area contributed by atoms with Crippen LogP contribution in [0.2, 0.25) is 10.0 Å². The lowest BCUT2D eigenvalue weighted by Crippen LogP contribution is -2.54. The monoisotopic (exact) mass is 707 g/mol. The molecule has 5 rings (SSSR count). The third-order valence-electron chi connectivity index (χ3n) is 8.56. The number of nitrogens with zero attached hydrogens (tertiary/aromatic N) is 2. The summed E-state index contributed by atoms with van der Waals surface area (Å²) in [5.74, 6) is -0.465. The van der Waals surface area contributed by atoms with Gasteiger partial charge in [-0.1, -0.05) is 96.2 Å². The van der Waals surface area contributed by atoms with E-state index in [1.807, 2.05) is 37.3 Å². The zero-order valence-corrected chi connectivity index (χ0v) is 29.3. The van der Waals surface area contributed by atoms with Crippen LogP contribution in [0.1, 0.15) is 42.4 Å². The van der Waals surface area contributed by atoms with Crippen LogP contribution < -0.4 is 14.4 Å². The van der Waals surface area contributed by atoms with E-state index in [1.54, 1.807) is 54.6 Å². The third-order valence-corrected chi connectivity index (χ3v) is 10.9. The van der Waals surface area contributed by atoms with Crippen LogP contribution in [0.25, 0.3) is 0 Å².